The molecule has 0 saturated carbocycles. The van der Waals surface area contributed by atoms with Gasteiger partial charge in [-0.2, -0.15) is 0 Å². The van der Waals surface area contributed by atoms with E-state index < -0.39 is 0 Å². The summed E-state index contributed by atoms with van der Waals surface area (Å²) in [4.78, 5) is 14.3. The lowest BCUT2D eigenvalue weighted by molar-refractivity contribution is 0.378. The van der Waals surface area contributed by atoms with Crippen molar-refractivity contribution in [1.82, 2.24) is 20.2 Å². The van der Waals surface area contributed by atoms with Gasteiger partial charge in [0.15, 0.2) is 5.11 Å². The summed E-state index contributed by atoms with van der Waals surface area (Å²) in [6, 6.07) is 7.90. The molecule has 1 aliphatic heterocycles. The van der Waals surface area contributed by atoms with Crippen LogP contribution in [0.5, 0.6) is 0 Å². The van der Waals surface area contributed by atoms with Gasteiger partial charge in [0.1, 0.15) is 0 Å². The van der Waals surface area contributed by atoms with Gasteiger partial charge in [-0.1, -0.05) is 11.6 Å². The maximum atomic E-state index is 5.90. The molecular formula is C17H19BrClN5S2. The van der Waals surface area contributed by atoms with Crippen LogP contribution in [0.3, 0.4) is 0 Å². The molecule has 1 N–H and O–H groups in total. The molecule has 5 nitrogen and oxygen atoms in total. The Labute approximate surface area is 176 Å². The van der Waals surface area contributed by atoms with Gasteiger partial charge in [-0.25, -0.2) is 9.97 Å². The molecule has 1 aromatic carbocycles. The molecule has 0 spiro atoms. The highest BCUT2D eigenvalue weighted by Crippen LogP contribution is 2.19. The van der Waals surface area contributed by atoms with E-state index in [0.717, 1.165) is 59.0 Å². The van der Waals surface area contributed by atoms with Crippen LogP contribution in [0.2, 0.25) is 5.02 Å². The lowest BCUT2D eigenvalue weighted by Gasteiger charge is -2.36. The van der Waals surface area contributed by atoms with Crippen LogP contribution in [0.25, 0.3) is 0 Å². The van der Waals surface area contributed by atoms with Gasteiger partial charge in [0.25, 0.3) is 0 Å². The Morgan fingerprint density at radius 1 is 1.15 bits per heavy atom. The van der Waals surface area contributed by atoms with E-state index in [-0.39, 0.29) is 0 Å². The first-order valence-electron chi connectivity index (χ1n) is 8.25. The Kier molecular flexibility index (Phi) is 7.36. The molecule has 0 radical (unpaired) electrons. The van der Waals surface area contributed by atoms with Crippen LogP contribution in [0.15, 0.2) is 46.0 Å². The van der Waals surface area contributed by atoms with Gasteiger partial charge in [0.2, 0.25) is 5.95 Å². The molecule has 26 heavy (non-hydrogen) atoms. The molecular weight excluding hydrogens is 454 g/mol. The standard InChI is InChI=1S/C17H19BrClN5S2/c18-13-11-21-16(22-12-13)23-6-8-24(9-7-23)17(25)20-5-10-26-15-3-1-14(19)2-4-15/h1-4,11-12H,5-10H2,(H,20,25). The summed E-state index contributed by atoms with van der Waals surface area (Å²) >= 11 is 16.6. The number of piperazine rings is 1. The molecule has 0 amide bonds. The molecule has 1 aliphatic rings. The minimum atomic E-state index is 0.765. The summed E-state index contributed by atoms with van der Waals surface area (Å²) in [6.45, 7) is 4.30. The van der Waals surface area contributed by atoms with Crippen molar-refractivity contribution in [3.05, 3.63) is 46.2 Å². The fraction of sp³-hybridized carbons (Fsp3) is 0.353. The van der Waals surface area contributed by atoms with Gasteiger partial charge in [-0.3, -0.25) is 0 Å². The van der Waals surface area contributed by atoms with Crippen LogP contribution < -0.4 is 10.2 Å². The van der Waals surface area contributed by atoms with Gasteiger partial charge in [-0.05, 0) is 52.4 Å². The SMILES string of the molecule is S=C(NCCSc1ccc(Cl)cc1)N1CCN(c2ncc(Br)cn2)CC1. The highest BCUT2D eigenvalue weighted by Gasteiger charge is 2.20. The number of anilines is 1. The molecule has 0 unspecified atom stereocenters. The molecule has 9 heteroatoms. The van der Waals surface area contributed by atoms with Gasteiger partial charge < -0.3 is 15.1 Å². The average molecular weight is 473 g/mol. The molecule has 1 saturated heterocycles. The molecule has 0 bridgehead atoms. The van der Waals surface area contributed by atoms with E-state index in [4.69, 9.17) is 23.8 Å². The normalized spacial score (nSPS) is 14.4. The van der Waals surface area contributed by atoms with E-state index in [1.807, 2.05) is 24.3 Å². The molecule has 0 atom stereocenters. The molecule has 3 rings (SSSR count). The van der Waals surface area contributed by atoms with Crippen LogP contribution >= 0.6 is 51.5 Å². The van der Waals surface area contributed by atoms with E-state index >= 15 is 0 Å². The first kappa shape index (κ1) is 19.7. The number of thioether (sulfide) groups is 1. The Morgan fingerprint density at radius 3 is 2.46 bits per heavy atom. The van der Waals surface area contributed by atoms with Crippen molar-refractivity contribution in [2.24, 2.45) is 0 Å². The largest absolute Gasteiger partial charge is 0.362 e. The second-order valence-corrected chi connectivity index (χ2v) is 8.62. The Balaban J connectivity index is 1.37. The minimum absolute atomic E-state index is 0.765. The van der Waals surface area contributed by atoms with Gasteiger partial charge >= 0.3 is 0 Å². The maximum absolute atomic E-state index is 5.90. The minimum Gasteiger partial charge on any atom is -0.362 e. The van der Waals surface area contributed by atoms with Gasteiger partial charge in [0.05, 0.1) is 4.47 Å². The molecule has 0 aliphatic carbocycles. The van der Waals surface area contributed by atoms with E-state index in [1.165, 1.54) is 4.90 Å². The summed E-state index contributed by atoms with van der Waals surface area (Å²) in [5.74, 6) is 1.72. The summed E-state index contributed by atoms with van der Waals surface area (Å²) in [7, 11) is 0. The van der Waals surface area contributed by atoms with Crippen LogP contribution in [0.1, 0.15) is 0 Å². The van der Waals surface area contributed by atoms with E-state index in [1.54, 1.807) is 24.2 Å². The number of hydrogen-bond acceptors (Lipinski definition) is 5. The number of rotatable bonds is 5. The number of thiocarbonyl (C=S) groups is 1. The first-order chi connectivity index (χ1) is 12.6. The fourth-order valence-corrected chi connectivity index (χ4v) is 3.93. The maximum Gasteiger partial charge on any atom is 0.225 e. The summed E-state index contributed by atoms with van der Waals surface area (Å²) in [6.07, 6.45) is 3.55. The molecule has 1 fully saturated rings. The Morgan fingerprint density at radius 2 is 1.81 bits per heavy atom. The van der Waals surface area contributed by atoms with Crippen LogP contribution in [-0.4, -0.2) is 58.5 Å². The topological polar surface area (TPSA) is 44.3 Å². The van der Waals surface area contributed by atoms with Gasteiger partial charge in [-0.15, -0.1) is 11.8 Å². The average Bonchev–Trinajstić information content (AvgIpc) is 2.67. The molecule has 2 heterocycles. The first-order valence-corrected chi connectivity index (χ1v) is 10.8. The second kappa shape index (κ2) is 9.73. The predicted octanol–water partition coefficient (Wildman–Crippen LogP) is 3.68. The lowest BCUT2D eigenvalue weighted by atomic mass is 10.3. The summed E-state index contributed by atoms with van der Waals surface area (Å²) in [5, 5.41) is 4.93. The van der Waals surface area contributed by atoms with Crippen LogP contribution in [0.4, 0.5) is 5.95 Å². The molecule has 138 valence electrons. The molecule has 1 aromatic heterocycles. The lowest BCUT2D eigenvalue weighted by Crippen LogP contribution is -2.52. The quantitative estimate of drug-likeness (QED) is 0.404. The third kappa shape index (κ3) is 5.70. The van der Waals surface area contributed by atoms with Crippen molar-refractivity contribution >= 4 is 62.6 Å². The zero-order valence-corrected chi connectivity index (χ0v) is 18.0. The Hall–Kier alpha value is -1.09. The van der Waals surface area contributed by atoms with Gasteiger partial charge in [0, 0.05) is 60.8 Å². The van der Waals surface area contributed by atoms with E-state index in [0.29, 0.717) is 0 Å². The third-order valence-electron chi connectivity index (χ3n) is 3.92. The number of nitrogens with zero attached hydrogens (tertiary/aromatic N) is 4. The predicted molar refractivity (Wildman–Crippen MR) is 116 cm³/mol. The zero-order valence-electron chi connectivity index (χ0n) is 14.1. The smallest absolute Gasteiger partial charge is 0.225 e. The highest BCUT2D eigenvalue weighted by atomic mass is 79.9. The van der Waals surface area contributed by atoms with Crippen molar-refractivity contribution in [1.29, 1.82) is 0 Å². The van der Waals surface area contributed by atoms with Crippen molar-refractivity contribution in [3.63, 3.8) is 0 Å². The van der Waals surface area contributed by atoms with Crippen molar-refractivity contribution in [2.75, 3.05) is 43.4 Å². The highest BCUT2D eigenvalue weighted by molar-refractivity contribution is 9.10. The number of aromatic nitrogens is 2. The van der Waals surface area contributed by atoms with Crippen molar-refractivity contribution < 1.29 is 0 Å². The van der Waals surface area contributed by atoms with Crippen LogP contribution in [0, 0.1) is 0 Å². The monoisotopic (exact) mass is 471 g/mol. The number of hydrogen-bond donors (Lipinski definition) is 1. The van der Waals surface area contributed by atoms with Crippen LogP contribution in [-0.2, 0) is 0 Å². The van der Waals surface area contributed by atoms with E-state index in [9.17, 15) is 0 Å². The fourth-order valence-electron chi connectivity index (χ4n) is 2.55. The second-order valence-electron chi connectivity index (χ2n) is 5.71. The zero-order chi connectivity index (χ0) is 18.4. The van der Waals surface area contributed by atoms with Crippen molar-refractivity contribution in [2.45, 2.75) is 4.90 Å². The van der Waals surface area contributed by atoms with E-state index in [2.05, 4.69) is 41.0 Å². The number of nitrogens with one attached hydrogen (secondary N) is 1. The number of benzene rings is 1. The molecule has 2 aromatic rings. The number of halogens is 2. The summed E-state index contributed by atoms with van der Waals surface area (Å²) in [5.41, 5.74) is 0. The third-order valence-corrected chi connectivity index (χ3v) is 5.99. The van der Waals surface area contributed by atoms with Crippen molar-refractivity contribution in [3.8, 4) is 0 Å². The Bertz CT molecular complexity index is 721. The summed E-state index contributed by atoms with van der Waals surface area (Å²) < 4.78 is 0.890.